The van der Waals surface area contributed by atoms with Crippen LogP contribution in [-0.2, 0) is 4.79 Å². The number of aromatic nitrogens is 2. The highest BCUT2D eigenvalue weighted by Gasteiger charge is 2.26. The number of rotatable bonds is 4. The van der Waals surface area contributed by atoms with Crippen molar-refractivity contribution < 1.29 is 9.32 Å². The molecule has 1 saturated heterocycles. The SMILES string of the molecule is CC(NC(=O)C1CCCN1)c1nc(C2CCCCC2)no1.Cl. The van der Waals surface area contributed by atoms with Gasteiger partial charge >= 0.3 is 0 Å². The summed E-state index contributed by atoms with van der Waals surface area (Å²) in [5.74, 6) is 1.78. The normalized spacial score (nSPS) is 23.8. The summed E-state index contributed by atoms with van der Waals surface area (Å²) in [4.78, 5) is 16.6. The third kappa shape index (κ3) is 3.98. The van der Waals surface area contributed by atoms with Crippen molar-refractivity contribution in [1.29, 1.82) is 0 Å². The van der Waals surface area contributed by atoms with Crippen molar-refractivity contribution in [2.24, 2.45) is 0 Å². The topological polar surface area (TPSA) is 80.0 Å². The molecule has 1 amide bonds. The monoisotopic (exact) mass is 328 g/mol. The van der Waals surface area contributed by atoms with Crippen LogP contribution in [0.3, 0.4) is 0 Å². The van der Waals surface area contributed by atoms with Crippen LogP contribution in [0.25, 0.3) is 0 Å². The Morgan fingerprint density at radius 1 is 1.27 bits per heavy atom. The fraction of sp³-hybridized carbons (Fsp3) is 0.800. The summed E-state index contributed by atoms with van der Waals surface area (Å²) in [7, 11) is 0. The van der Waals surface area contributed by atoms with Gasteiger partial charge in [0.1, 0.15) is 6.04 Å². The lowest BCUT2D eigenvalue weighted by Gasteiger charge is -2.17. The molecule has 2 heterocycles. The van der Waals surface area contributed by atoms with E-state index in [1.54, 1.807) is 0 Å². The number of hydrogen-bond acceptors (Lipinski definition) is 5. The molecule has 0 bridgehead atoms. The number of nitrogens with zero attached hydrogens (tertiary/aromatic N) is 2. The molecule has 2 N–H and O–H groups in total. The van der Waals surface area contributed by atoms with Crippen LogP contribution in [0, 0.1) is 0 Å². The van der Waals surface area contributed by atoms with Crippen molar-refractivity contribution in [1.82, 2.24) is 20.8 Å². The number of amides is 1. The zero-order valence-electron chi connectivity index (χ0n) is 13.0. The fourth-order valence-electron chi connectivity index (χ4n) is 3.23. The average Bonchev–Trinajstić information content (AvgIpc) is 3.20. The smallest absolute Gasteiger partial charge is 0.248 e. The van der Waals surface area contributed by atoms with Gasteiger partial charge in [0.2, 0.25) is 11.8 Å². The molecule has 1 saturated carbocycles. The quantitative estimate of drug-likeness (QED) is 0.887. The lowest BCUT2D eigenvalue weighted by Crippen LogP contribution is -2.41. The van der Waals surface area contributed by atoms with Crippen molar-refractivity contribution >= 4 is 18.3 Å². The number of halogens is 1. The van der Waals surface area contributed by atoms with E-state index >= 15 is 0 Å². The molecule has 6 nitrogen and oxygen atoms in total. The lowest BCUT2D eigenvalue weighted by molar-refractivity contribution is -0.123. The van der Waals surface area contributed by atoms with Crippen LogP contribution in [0.4, 0.5) is 0 Å². The van der Waals surface area contributed by atoms with Crippen LogP contribution in [0.15, 0.2) is 4.52 Å². The minimum Gasteiger partial charge on any atom is -0.343 e. The standard InChI is InChI=1S/C15H24N4O2.ClH/c1-10(17-14(20)12-8-5-9-16-12)15-18-13(19-21-15)11-6-3-2-4-7-11;/h10-12,16H,2-9H2,1H3,(H,17,20);1H. The summed E-state index contributed by atoms with van der Waals surface area (Å²) in [5, 5.41) is 10.3. The van der Waals surface area contributed by atoms with Crippen molar-refractivity contribution in [3.05, 3.63) is 11.7 Å². The molecule has 1 aromatic heterocycles. The summed E-state index contributed by atoms with van der Waals surface area (Å²) in [6.45, 7) is 2.81. The van der Waals surface area contributed by atoms with Gasteiger partial charge in [0.15, 0.2) is 5.82 Å². The molecule has 0 radical (unpaired) electrons. The second-order valence-corrected chi connectivity index (χ2v) is 6.20. The molecule has 3 rings (SSSR count). The van der Waals surface area contributed by atoms with Crippen LogP contribution in [0.5, 0.6) is 0 Å². The zero-order chi connectivity index (χ0) is 14.7. The number of nitrogens with one attached hydrogen (secondary N) is 2. The van der Waals surface area contributed by atoms with Gasteiger partial charge in [0.05, 0.1) is 6.04 Å². The highest BCUT2D eigenvalue weighted by molar-refractivity contribution is 5.85. The van der Waals surface area contributed by atoms with Gasteiger partial charge in [0, 0.05) is 5.92 Å². The maximum absolute atomic E-state index is 12.1. The van der Waals surface area contributed by atoms with Gasteiger partial charge in [-0.2, -0.15) is 4.98 Å². The highest BCUT2D eigenvalue weighted by Crippen LogP contribution is 2.31. The molecule has 0 aromatic carbocycles. The van der Waals surface area contributed by atoms with Crippen LogP contribution in [0.1, 0.15) is 75.5 Å². The number of carbonyl (C=O) groups excluding carboxylic acids is 1. The zero-order valence-corrected chi connectivity index (χ0v) is 13.8. The molecule has 2 atom stereocenters. The Morgan fingerprint density at radius 2 is 2.05 bits per heavy atom. The minimum atomic E-state index is -0.232. The molecular weight excluding hydrogens is 304 g/mol. The van der Waals surface area contributed by atoms with Crippen molar-refractivity contribution in [2.45, 2.75) is 69.9 Å². The molecule has 2 unspecified atom stereocenters. The molecule has 1 aliphatic carbocycles. The largest absolute Gasteiger partial charge is 0.343 e. The van der Waals surface area contributed by atoms with E-state index in [0.717, 1.165) is 38.1 Å². The van der Waals surface area contributed by atoms with Gasteiger partial charge in [0.25, 0.3) is 0 Å². The molecule has 2 aliphatic rings. The predicted octanol–water partition coefficient (Wildman–Crippen LogP) is 2.47. The third-order valence-electron chi connectivity index (χ3n) is 4.53. The first-order valence-electron chi connectivity index (χ1n) is 8.11. The minimum absolute atomic E-state index is 0. The van der Waals surface area contributed by atoms with Crippen molar-refractivity contribution in [2.75, 3.05) is 6.54 Å². The molecule has 124 valence electrons. The first-order valence-corrected chi connectivity index (χ1v) is 8.11. The van der Waals surface area contributed by atoms with Gasteiger partial charge in [-0.3, -0.25) is 4.79 Å². The van der Waals surface area contributed by atoms with Crippen molar-refractivity contribution in [3.8, 4) is 0 Å². The van der Waals surface area contributed by atoms with E-state index in [2.05, 4.69) is 20.8 Å². The Labute approximate surface area is 137 Å². The summed E-state index contributed by atoms with van der Waals surface area (Å²) < 4.78 is 5.35. The second-order valence-electron chi connectivity index (χ2n) is 6.20. The molecule has 1 aliphatic heterocycles. The Kier molecular flexibility index (Phi) is 6.20. The first kappa shape index (κ1) is 17.2. The summed E-state index contributed by atoms with van der Waals surface area (Å²) >= 11 is 0. The summed E-state index contributed by atoms with van der Waals surface area (Å²) in [6, 6.07) is -0.307. The Hall–Kier alpha value is -1.14. The van der Waals surface area contributed by atoms with Gasteiger partial charge in [-0.15, -0.1) is 12.4 Å². The third-order valence-corrected chi connectivity index (χ3v) is 4.53. The maximum atomic E-state index is 12.1. The van der Waals surface area contributed by atoms with Gasteiger partial charge < -0.3 is 15.2 Å². The number of carbonyl (C=O) groups is 1. The Morgan fingerprint density at radius 3 is 2.73 bits per heavy atom. The van der Waals surface area contributed by atoms with Crippen LogP contribution in [-0.4, -0.2) is 28.6 Å². The van der Waals surface area contributed by atoms with E-state index in [9.17, 15) is 4.79 Å². The molecule has 0 spiro atoms. The van der Waals surface area contributed by atoms with E-state index in [4.69, 9.17) is 4.52 Å². The summed E-state index contributed by atoms with van der Waals surface area (Å²) in [6.07, 6.45) is 8.04. The number of hydrogen-bond donors (Lipinski definition) is 2. The van der Waals surface area contributed by atoms with E-state index in [-0.39, 0.29) is 30.4 Å². The van der Waals surface area contributed by atoms with Crippen molar-refractivity contribution in [3.63, 3.8) is 0 Å². The van der Waals surface area contributed by atoms with Crippen LogP contribution < -0.4 is 10.6 Å². The summed E-state index contributed by atoms with van der Waals surface area (Å²) in [5.41, 5.74) is 0. The van der Waals surface area contributed by atoms with E-state index in [1.807, 2.05) is 6.92 Å². The molecule has 1 aromatic rings. The van der Waals surface area contributed by atoms with Crippen LogP contribution in [0.2, 0.25) is 0 Å². The van der Waals surface area contributed by atoms with Gasteiger partial charge in [-0.25, -0.2) is 0 Å². The predicted molar refractivity (Wildman–Crippen MR) is 85.0 cm³/mol. The molecule has 7 heteroatoms. The fourth-order valence-corrected chi connectivity index (χ4v) is 3.23. The highest BCUT2D eigenvalue weighted by atomic mass is 35.5. The second kappa shape index (κ2) is 7.92. The van der Waals surface area contributed by atoms with E-state index in [0.29, 0.717) is 11.8 Å². The lowest BCUT2D eigenvalue weighted by atomic mass is 9.89. The van der Waals surface area contributed by atoms with Crippen LogP contribution >= 0.6 is 12.4 Å². The van der Waals surface area contributed by atoms with E-state index in [1.165, 1.54) is 19.3 Å². The molecule has 2 fully saturated rings. The Balaban J connectivity index is 0.00000176. The van der Waals surface area contributed by atoms with Gasteiger partial charge in [-0.1, -0.05) is 24.4 Å². The van der Waals surface area contributed by atoms with E-state index < -0.39 is 0 Å². The van der Waals surface area contributed by atoms with Gasteiger partial charge in [-0.05, 0) is 39.2 Å². The first-order chi connectivity index (χ1) is 10.2. The Bertz CT molecular complexity index is 482. The maximum Gasteiger partial charge on any atom is 0.248 e. The average molecular weight is 329 g/mol. The molecule has 22 heavy (non-hydrogen) atoms. The molecular formula is C15H25ClN4O2.